The van der Waals surface area contributed by atoms with Gasteiger partial charge < -0.3 is 15.2 Å². The van der Waals surface area contributed by atoms with Crippen LogP contribution in [-0.2, 0) is 4.74 Å². The maximum atomic E-state index is 9.12. The van der Waals surface area contributed by atoms with Gasteiger partial charge in [0.2, 0.25) is 0 Å². The molecule has 3 nitrogen and oxygen atoms in total. The first-order valence-electron chi connectivity index (χ1n) is 5.71. The van der Waals surface area contributed by atoms with Crippen molar-refractivity contribution in [3.8, 4) is 0 Å². The Hall–Kier alpha value is -0.120. The van der Waals surface area contributed by atoms with Crippen molar-refractivity contribution in [2.75, 3.05) is 19.7 Å². The van der Waals surface area contributed by atoms with Gasteiger partial charge >= 0.3 is 0 Å². The van der Waals surface area contributed by atoms with Gasteiger partial charge in [0.25, 0.3) is 0 Å². The van der Waals surface area contributed by atoms with E-state index in [1.165, 1.54) is 25.7 Å². The molecule has 2 rings (SSSR count). The second kappa shape index (κ2) is 4.17. The number of aliphatic hydroxyl groups excluding tert-OH is 1. The summed E-state index contributed by atoms with van der Waals surface area (Å²) in [7, 11) is 0. The van der Waals surface area contributed by atoms with Crippen LogP contribution >= 0.6 is 0 Å². The molecule has 0 aromatic carbocycles. The smallest absolute Gasteiger partial charge is 0.0704 e. The highest BCUT2D eigenvalue weighted by molar-refractivity contribution is 4.94. The average Bonchev–Trinajstić information content (AvgIpc) is 2.84. The number of aliphatic hydroxyl groups is 1. The molecule has 2 aliphatic rings. The Labute approximate surface area is 85.8 Å². The molecule has 82 valence electrons. The SMILES string of the molecule is CC1CCC(CNCC2(CO)CC2)O1. The number of hydrogen-bond acceptors (Lipinski definition) is 3. The molecule has 1 saturated heterocycles. The summed E-state index contributed by atoms with van der Waals surface area (Å²) in [5.74, 6) is 0. The Bertz CT molecular complexity index is 192. The molecule has 2 fully saturated rings. The number of nitrogens with one attached hydrogen (secondary N) is 1. The van der Waals surface area contributed by atoms with Crippen molar-refractivity contribution in [1.82, 2.24) is 5.32 Å². The lowest BCUT2D eigenvalue weighted by atomic mass is 10.1. The molecule has 0 aromatic heterocycles. The molecule has 0 spiro atoms. The van der Waals surface area contributed by atoms with Crippen LogP contribution in [0.2, 0.25) is 0 Å². The van der Waals surface area contributed by atoms with E-state index < -0.39 is 0 Å². The minimum atomic E-state index is 0.226. The van der Waals surface area contributed by atoms with Crippen molar-refractivity contribution < 1.29 is 9.84 Å². The lowest BCUT2D eigenvalue weighted by Gasteiger charge is -2.16. The highest BCUT2D eigenvalue weighted by Gasteiger charge is 2.41. The first-order valence-corrected chi connectivity index (χ1v) is 5.71. The van der Waals surface area contributed by atoms with Gasteiger partial charge in [0.1, 0.15) is 0 Å². The molecule has 0 bridgehead atoms. The van der Waals surface area contributed by atoms with E-state index >= 15 is 0 Å². The van der Waals surface area contributed by atoms with Crippen molar-refractivity contribution in [3.63, 3.8) is 0 Å². The van der Waals surface area contributed by atoms with E-state index in [9.17, 15) is 0 Å². The number of ether oxygens (including phenoxy) is 1. The first kappa shape index (κ1) is 10.4. The molecular weight excluding hydrogens is 178 g/mol. The largest absolute Gasteiger partial charge is 0.396 e. The van der Waals surface area contributed by atoms with Crippen molar-refractivity contribution in [2.24, 2.45) is 5.41 Å². The fraction of sp³-hybridized carbons (Fsp3) is 1.00. The molecule has 14 heavy (non-hydrogen) atoms. The maximum Gasteiger partial charge on any atom is 0.0704 e. The van der Waals surface area contributed by atoms with Crippen LogP contribution < -0.4 is 5.32 Å². The summed E-state index contributed by atoms with van der Waals surface area (Å²) in [6.07, 6.45) is 5.57. The maximum absolute atomic E-state index is 9.12. The van der Waals surface area contributed by atoms with E-state index in [0.29, 0.717) is 18.8 Å². The van der Waals surface area contributed by atoms with Gasteiger partial charge in [-0.15, -0.1) is 0 Å². The molecule has 1 aliphatic carbocycles. The molecule has 1 aliphatic heterocycles. The van der Waals surface area contributed by atoms with Crippen molar-refractivity contribution in [1.29, 1.82) is 0 Å². The third-order valence-corrected chi connectivity index (χ3v) is 3.48. The van der Waals surface area contributed by atoms with Crippen LogP contribution in [0, 0.1) is 5.41 Å². The van der Waals surface area contributed by atoms with Crippen LogP contribution in [0.1, 0.15) is 32.6 Å². The van der Waals surface area contributed by atoms with Crippen LogP contribution in [0.3, 0.4) is 0 Å². The fourth-order valence-corrected chi connectivity index (χ4v) is 2.10. The summed E-state index contributed by atoms with van der Waals surface area (Å²) < 4.78 is 5.71. The molecule has 2 unspecified atom stereocenters. The Morgan fingerprint density at radius 1 is 1.43 bits per heavy atom. The lowest BCUT2D eigenvalue weighted by Crippen LogP contribution is -2.33. The monoisotopic (exact) mass is 199 g/mol. The minimum Gasteiger partial charge on any atom is -0.396 e. The highest BCUT2D eigenvalue weighted by atomic mass is 16.5. The Balaban J connectivity index is 1.59. The zero-order valence-corrected chi connectivity index (χ0v) is 8.96. The molecule has 2 N–H and O–H groups in total. The van der Waals surface area contributed by atoms with Crippen molar-refractivity contribution in [2.45, 2.75) is 44.8 Å². The van der Waals surface area contributed by atoms with Gasteiger partial charge in [-0.2, -0.15) is 0 Å². The summed E-state index contributed by atoms with van der Waals surface area (Å²) in [5, 5.41) is 12.5. The summed E-state index contributed by atoms with van der Waals surface area (Å²) in [4.78, 5) is 0. The summed E-state index contributed by atoms with van der Waals surface area (Å²) in [6, 6.07) is 0. The molecule has 3 heteroatoms. The minimum absolute atomic E-state index is 0.226. The second-order valence-corrected chi connectivity index (χ2v) is 4.94. The molecule has 0 aromatic rings. The predicted molar refractivity (Wildman–Crippen MR) is 55.2 cm³/mol. The number of hydrogen-bond donors (Lipinski definition) is 2. The Morgan fingerprint density at radius 3 is 2.71 bits per heavy atom. The average molecular weight is 199 g/mol. The van der Waals surface area contributed by atoms with Crippen LogP contribution in [0.4, 0.5) is 0 Å². The van der Waals surface area contributed by atoms with E-state index in [2.05, 4.69) is 12.2 Å². The molecule has 0 radical (unpaired) electrons. The van der Waals surface area contributed by atoms with Gasteiger partial charge in [-0.25, -0.2) is 0 Å². The van der Waals surface area contributed by atoms with E-state index in [1.807, 2.05) is 0 Å². The number of rotatable bonds is 5. The van der Waals surface area contributed by atoms with Gasteiger partial charge in [0.05, 0.1) is 12.2 Å². The van der Waals surface area contributed by atoms with Crippen molar-refractivity contribution >= 4 is 0 Å². The molecular formula is C11H21NO2. The van der Waals surface area contributed by atoms with E-state index in [0.717, 1.165) is 13.1 Å². The quantitative estimate of drug-likeness (QED) is 0.691. The van der Waals surface area contributed by atoms with Gasteiger partial charge in [-0.1, -0.05) is 0 Å². The summed E-state index contributed by atoms with van der Waals surface area (Å²) >= 11 is 0. The zero-order valence-electron chi connectivity index (χ0n) is 8.96. The van der Waals surface area contributed by atoms with Gasteiger partial charge in [-0.05, 0) is 32.6 Å². The normalized spacial score (nSPS) is 34.7. The zero-order chi connectivity index (χ0) is 10.0. The highest BCUT2D eigenvalue weighted by Crippen LogP contribution is 2.44. The Morgan fingerprint density at radius 2 is 2.21 bits per heavy atom. The van der Waals surface area contributed by atoms with Gasteiger partial charge in [0.15, 0.2) is 0 Å². The standard InChI is InChI=1S/C11H21NO2/c1-9-2-3-10(14-9)6-12-7-11(8-13)4-5-11/h9-10,12-13H,2-8H2,1H3. The van der Waals surface area contributed by atoms with Gasteiger partial charge in [-0.3, -0.25) is 0 Å². The molecule has 2 atom stereocenters. The van der Waals surface area contributed by atoms with Crippen LogP contribution in [-0.4, -0.2) is 37.0 Å². The van der Waals surface area contributed by atoms with Crippen LogP contribution in [0.5, 0.6) is 0 Å². The van der Waals surface area contributed by atoms with E-state index in [1.54, 1.807) is 0 Å². The lowest BCUT2D eigenvalue weighted by molar-refractivity contribution is 0.0546. The van der Waals surface area contributed by atoms with E-state index in [4.69, 9.17) is 9.84 Å². The third kappa shape index (κ3) is 2.47. The topological polar surface area (TPSA) is 41.5 Å². The third-order valence-electron chi connectivity index (χ3n) is 3.48. The fourth-order valence-electron chi connectivity index (χ4n) is 2.10. The predicted octanol–water partition coefficient (Wildman–Crippen LogP) is 0.916. The van der Waals surface area contributed by atoms with Crippen LogP contribution in [0.15, 0.2) is 0 Å². The summed E-state index contributed by atoms with van der Waals surface area (Å²) in [6.45, 7) is 4.38. The summed E-state index contributed by atoms with van der Waals surface area (Å²) in [5.41, 5.74) is 0.226. The second-order valence-electron chi connectivity index (χ2n) is 4.94. The molecule has 1 saturated carbocycles. The Kier molecular flexibility index (Phi) is 3.10. The first-order chi connectivity index (χ1) is 6.74. The molecule has 1 heterocycles. The van der Waals surface area contributed by atoms with Crippen LogP contribution in [0.25, 0.3) is 0 Å². The van der Waals surface area contributed by atoms with Gasteiger partial charge in [0, 0.05) is 25.1 Å². The van der Waals surface area contributed by atoms with Crippen molar-refractivity contribution in [3.05, 3.63) is 0 Å². The van der Waals surface area contributed by atoms with E-state index in [-0.39, 0.29) is 5.41 Å². The molecule has 0 amide bonds.